The third kappa shape index (κ3) is 2.54. The van der Waals surface area contributed by atoms with Gasteiger partial charge in [0.1, 0.15) is 12.4 Å². The van der Waals surface area contributed by atoms with E-state index in [2.05, 4.69) is 15.0 Å². The van der Waals surface area contributed by atoms with E-state index in [-0.39, 0.29) is 18.8 Å². The number of ketones is 1. The minimum absolute atomic E-state index is 0.00627. The Kier molecular flexibility index (Phi) is 3.20. The number of rotatable bonds is 3. The molecule has 0 saturated heterocycles. The average molecular weight is 271 g/mol. The van der Waals surface area contributed by atoms with Crippen LogP contribution in [0.1, 0.15) is 16.8 Å². The lowest BCUT2D eigenvalue weighted by Gasteiger charge is -2.14. The Morgan fingerprint density at radius 3 is 2.95 bits per heavy atom. The highest BCUT2D eigenvalue weighted by Gasteiger charge is 2.20. The van der Waals surface area contributed by atoms with Crippen molar-refractivity contribution in [2.75, 3.05) is 6.61 Å². The number of Topliss-reactive ketones (excluding diaryl/α,β-unsaturated/α-hetero) is 1. The second kappa shape index (κ2) is 5.16. The summed E-state index contributed by atoms with van der Waals surface area (Å²) < 4.78 is 18.1. The zero-order valence-corrected chi connectivity index (χ0v) is 10.4. The summed E-state index contributed by atoms with van der Waals surface area (Å²) in [6.07, 6.45) is 4.62. The molecule has 5 nitrogen and oxygen atoms in total. The molecule has 0 spiro atoms. The molecule has 0 atom stereocenters. The highest BCUT2D eigenvalue weighted by molar-refractivity contribution is 6.16. The highest BCUT2D eigenvalue weighted by atomic mass is 19.1. The van der Waals surface area contributed by atoms with Crippen LogP contribution in [0.3, 0.4) is 0 Å². The molecule has 1 aliphatic rings. The fraction of sp³-hybridized carbons (Fsp3) is 0.143. The monoisotopic (exact) mass is 271 g/mol. The first-order valence-corrected chi connectivity index (χ1v) is 6.00. The van der Waals surface area contributed by atoms with Crippen molar-refractivity contribution in [3.63, 3.8) is 0 Å². The van der Waals surface area contributed by atoms with Crippen molar-refractivity contribution in [3.8, 4) is 5.75 Å². The molecule has 2 aromatic heterocycles. The summed E-state index contributed by atoms with van der Waals surface area (Å²) in [6, 6.07) is 4.34. The molecule has 20 heavy (non-hydrogen) atoms. The molecule has 0 saturated carbocycles. The van der Waals surface area contributed by atoms with Crippen molar-refractivity contribution in [1.82, 2.24) is 9.97 Å². The van der Waals surface area contributed by atoms with Gasteiger partial charge < -0.3 is 4.74 Å². The summed E-state index contributed by atoms with van der Waals surface area (Å²) in [5.41, 5.74) is 1.74. The number of carbonyl (C=O) groups is 1. The number of pyridine rings is 2. The van der Waals surface area contributed by atoms with Crippen LogP contribution >= 0.6 is 0 Å². The molecule has 0 aliphatic carbocycles. The largest absolute Gasteiger partial charge is 0.486 e. The van der Waals surface area contributed by atoms with Crippen LogP contribution in [0.5, 0.6) is 5.75 Å². The summed E-state index contributed by atoms with van der Waals surface area (Å²) in [5.74, 6) is -0.144. The zero-order chi connectivity index (χ0) is 13.9. The third-order valence-corrected chi connectivity index (χ3v) is 2.85. The second-order valence-electron chi connectivity index (χ2n) is 4.28. The molecule has 0 amide bonds. The molecule has 0 aromatic carbocycles. The standard InChI is InChI=1S/C14H10FN3O2/c15-14-2-1-10(6-17-14)20-8-9-5-13(19)11-3-4-16-7-12(11)18-9/h1-4,6-7H,5,8H2. The predicted molar refractivity (Wildman–Crippen MR) is 70.0 cm³/mol. The quantitative estimate of drug-likeness (QED) is 0.804. The molecule has 0 unspecified atom stereocenters. The van der Waals surface area contributed by atoms with Crippen LogP contribution in [0.15, 0.2) is 41.8 Å². The lowest BCUT2D eigenvalue weighted by molar-refractivity contribution is 0.0998. The topological polar surface area (TPSA) is 64.4 Å². The molecule has 100 valence electrons. The van der Waals surface area contributed by atoms with E-state index in [9.17, 15) is 9.18 Å². The van der Waals surface area contributed by atoms with E-state index in [0.29, 0.717) is 22.7 Å². The van der Waals surface area contributed by atoms with E-state index < -0.39 is 5.95 Å². The van der Waals surface area contributed by atoms with Crippen molar-refractivity contribution >= 4 is 17.2 Å². The van der Waals surface area contributed by atoms with Gasteiger partial charge in [-0.2, -0.15) is 4.39 Å². The number of ether oxygens (including phenoxy) is 1. The number of aliphatic imine (C=N–C) groups is 1. The van der Waals surface area contributed by atoms with E-state index in [1.54, 1.807) is 18.5 Å². The highest BCUT2D eigenvalue weighted by Crippen LogP contribution is 2.24. The van der Waals surface area contributed by atoms with Crippen molar-refractivity contribution < 1.29 is 13.9 Å². The van der Waals surface area contributed by atoms with Gasteiger partial charge in [0.15, 0.2) is 5.78 Å². The summed E-state index contributed by atoms with van der Waals surface area (Å²) in [6.45, 7) is 0.160. The van der Waals surface area contributed by atoms with Crippen LogP contribution in [0.2, 0.25) is 0 Å². The van der Waals surface area contributed by atoms with Gasteiger partial charge in [-0.05, 0) is 18.2 Å². The SMILES string of the molecule is O=C1CC(COc2ccc(F)nc2)=Nc2cnccc21. The number of hydrogen-bond acceptors (Lipinski definition) is 5. The van der Waals surface area contributed by atoms with E-state index in [1.807, 2.05) is 0 Å². The Morgan fingerprint density at radius 2 is 2.15 bits per heavy atom. The molecule has 6 heteroatoms. The normalized spacial score (nSPS) is 13.7. The summed E-state index contributed by atoms with van der Waals surface area (Å²) >= 11 is 0. The Morgan fingerprint density at radius 1 is 1.25 bits per heavy atom. The first-order valence-electron chi connectivity index (χ1n) is 6.00. The Labute approximate surface area is 114 Å². The van der Waals surface area contributed by atoms with E-state index >= 15 is 0 Å². The maximum Gasteiger partial charge on any atom is 0.213 e. The molecule has 0 bridgehead atoms. The molecule has 1 aliphatic heterocycles. The smallest absolute Gasteiger partial charge is 0.213 e. The van der Waals surface area contributed by atoms with Gasteiger partial charge >= 0.3 is 0 Å². The number of nitrogens with zero attached hydrogens (tertiary/aromatic N) is 3. The van der Waals surface area contributed by atoms with Gasteiger partial charge in [0, 0.05) is 11.8 Å². The minimum atomic E-state index is -0.567. The fourth-order valence-corrected chi connectivity index (χ4v) is 1.90. The van der Waals surface area contributed by atoms with Crippen LogP contribution < -0.4 is 4.74 Å². The van der Waals surface area contributed by atoms with Crippen LogP contribution in [0, 0.1) is 5.95 Å². The van der Waals surface area contributed by atoms with Gasteiger partial charge in [0.05, 0.1) is 30.2 Å². The van der Waals surface area contributed by atoms with Crippen LogP contribution in [0.25, 0.3) is 0 Å². The van der Waals surface area contributed by atoms with Crippen molar-refractivity contribution in [2.45, 2.75) is 6.42 Å². The average Bonchev–Trinajstić information content (AvgIpc) is 2.47. The van der Waals surface area contributed by atoms with Gasteiger partial charge in [-0.3, -0.25) is 14.8 Å². The van der Waals surface area contributed by atoms with Crippen LogP contribution in [0.4, 0.5) is 10.1 Å². The molecule has 2 aromatic rings. The molecule has 3 heterocycles. The van der Waals surface area contributed by atoms with Crippen LogP contribution in [-0.4, -0.2) is 28.1 Å². The number of fused-ring (bicyclic) bond motifs is 1. The summed E-state index contributed by atoms with van der Waals surface area (Å²) in [5, 5.41) is 0. The number of halogens is 1. The van der Waals surface area contributed by atoms with Gasteiger partial charge in [0.2, 0.25) is 5.95 Å². The third-order valence-electron chi connectivity index (χ3n) is 2.85. The van der Waals surface area contributed by atoms with Crippen LogP contribution in [-0.2, 0) is 0 Å². The maximum absolute atomic E-state index is 12.7. The van der Waals surface area contributed by atoms with Crippen molar-refractivity contribution in [2.24, 2.45) is 4.99 Å². The number of carbonyl (C=O) groups excluding carboxylic acids is 1. The zero-order valence-electron chi connectivity index (χ0n) is 10.4. The van der Waals surface area contributed by atoms with E-state index in [0.717, 1.165) is 0 Å². The molecule has 0 radical (unpaired) electrons. The first-order chi connectivity index (χ1) is 9.72. The van der Waals surface area contributed by atoms with Gasteiger partial charge in [-0.1, -0.05) is 0 Å². The lowest BCUT2D eigenvalue weighted by Crippen LogP contribution is -2.19. The maximum atomic E-state index is 12.7. The molecule has 0 N–H and O–H groups in total. The fourth-order valence-electron chi connectivity index (χ4n) is 1.90. The molecular formula is C14H10FN3O2. The first kappa shape index (κ1) is 12.4. The number of hydrogen-bond donors (Lipinski definition) is 0. The lowest BCUT2D eigenvalue weighted by atomic mass is 10.0. The van der Waals surface area contributed by atoms with Gasteiger partial charge in [0.25, 0.3) is 0 Å². The predicted octanol–water partition coefficient (Wildman–Crippen LogP) is 2.35. The van der Waals surface area contributed by atoms with Crippen molar-refractivity contribution in [1.29, 1.82) is 0 Å². The van der Waals surface area contributed by atoms with Crippen molar-refractivity contribution in [3.05, 3.63) is 48.3 Å². The van der Waals surface area contributed by atoms with E-state index in [1.165, 1.54) is 18.3 Å². The number of aromatic nitrogens is 2. The molecule has 0 fully saturated rings. The minimum Gasteiger partial charge on any atom is -0.486 e. The Hall–Kier alpha value is -2.63. The molecule has 3 rings (SSSR count). The Bertz CT molecular complexity index is 683. The van der Waals surface area contributed by atoms with Gasteiger partial charge in [-0.25, -0.2) is 4.98 Å². The Balaban J connectivity index is 1.74. The summed E-state index contributed by atoms with van der Waals surface area (Å²) in [7, 11) is 0. The van der Waals surface area contributed by atoms with E-state index in [4.69, 9.17) is 4.74 Å². The van der Waals surface area contributed by atoms with Gasteiger partial charge in [-0.15, -0.1) is 0 Å². The second-order valence-corrected chi connectivity index (χ2v) is 4.28. The summed E-state index contributed by atoms with van der Waals surface area (Å²) in [4.78, 5) is 23.7. The molecular weight excluding hydrogens is 261 g/mol.